The molecule has 0 atom stereocenters. The zero-order valence-electron chi connectivity index (χ0n) is 8.22. The predicted molar refractivity (Wildman–Crippen MR) is 62.0 cm³/mol. The molecule has 1 aliphatic carbocycles. The maximum Gasteiger partial charge on any atom is 0.135 e. The second kappa shape index (κ2) is 4.22. The van der Waals surface area contributed by atoms with Crippen molar-refractivity contribution < 1.29 is 4.74 Å². The molecule has 0 aliphatic heterocycles. The lowest BCUT2D eigenvalue weighted by Crippen LogP contribution is -2.27. The topological polar surface area (TPSA) is 21.3 Å². The molecule has 3 heteroatoms. The normalized spacial score (nSPS) is 16.1. The Kier molecular flexibility index (Phi) is 2.96. The quantitative estimate of drug-likeness (QED) is 0.894. The number of ether oxygens (including phenoxy) is 1. The van der Waals surface area contributed by atoms with Crippen molar-refractivity contribution in [2.75, 3.05) is 12.4 Å². The van der Waals surface area contributed by atoms with Gasteiger partial charge in [-0.15, -0.1) is 0 Å². The van der Waals surface area contributed by atoms with Crippen LogP contribution < -0.4 is 10.1 Å². The summed E-state index contributed by atoms with van der Waals surface area (Å²) < 4.78 is 6.25. The van der Waals surface area contributed by atoms with Crippen molar-refractivity contribution in [3.05, 3.63) is 22.7 Å². The molecular formula is C11H14BrNO. The highest BCUT2D eigenvalue weighted by Gasteiger charge is 2.18. The van der Waals surface area contributed by atoms with Crippen LogP contribution in [0, 0.1) is 0 Å². The Labute approximate surface area is 92.8 Å². The molecule has 0 spiro atoms. The third-order valence-electron chi connectivity index (χ3n) is 2.65. The fourth-order valence-corrected chi connectivity index (χ4v) is 2.09. The van der Waals surface area contributed by atoms with Crippen LogP contribution in [0.3, 0.4) is 0 Å². The molecule has 1 aromatic rings. The Balaban J connectivity index is 2.15. The van der Waals surface area contributed by atoms with E-state index in [9.17, 15) is 0 Å². The van der Waals surface area contributed by atoms with E-state index in [4.69, 9.17) is 4.74 Å². The number of methoxy groups -OCH3 is 1. The molecule has 1 aromatic carbocycles. The van der Waals surface area contributed by atoms with Crippen LogP contribution in [0.15, 0.2) is 22.7 Å². The lowest BCUT2D eigenvalue weighted by atomic mass is 9.93. The first-order chi connectivity index (χ1) is 6.81. The minimum absolute atomic E-state index is 0.651. The van der Waals surface area contributed by atoms with Gasteiger partial charge in [0.25, 0.3) is 0 Å². The zero-order chi connectivity index (χ0) is 9.97. The Morgan fingerprint density at radius 3 is 2.79 bits per heavy atom. The summed E-state index contributed by atoms with van der Waals surface area (Å²) in [7, 11) is 1.69. The Hall–Kier alpha value is -0.700. The van der Waals surface area contributed by atoms with Crippen molar-refractivity contribution in [3.63, 3.8) is 0 Å². The van der Waals surface area contributed by atoms with E-state index in [2.05, 4.69) is 27.3 Å². The summed E-state index contributed by atoms with van der Waals surface area (Å²) in [6.45, 7) is 0. The van der Waals surface area contributed by atoms with Gasteiger partial charge in [0.15, 0.2) is 0 Å². The Morgan fingerprint density at radius 2 is 2.21 bits per heavy atom. The van der Waals surface area contributed by atoms with Gasteiger partial charge < -0.3 is 10.1 Å². The Bertz CT molecular complexity index is 323. The van der Waals surface area contributed by atoms with Crippen molar-refractivity contribution >= 4 is 21.6 Å². The molecule has 0 saturated heterocycles. The highest BCUT2D eigenvalue weighted by molar-refractivity contribution is 9.10. The SMILES string of the molecule is COc1cccc(NC2CCC2)c1Br. The first kappa shape index (κ1) is 9.84. The Morgan fingerprint density at radius 1 is 1.43 bits per heavy atom. The second-order valence-electron chi connectivity index (χ2n) is 3.59. The van der Waals surface area contributed by atoms with Crippen LogP contribution in [0.1, 0.15) is 19.3 Å². The second-order valence-corrected chi connectivity index (χ2v) is 4.39. The number of anilines is 1. The standard InChI is InChI=1S/C11H14BrNO/c1-14-10-7-3-6-9(11(10)12)13-8-4-2-5-8/h3,6-8,13H,2,4-5H2,1H3. The summed E-state index contributed by atoms with van der Waals surface area (Å²) in [6, 6.07) is 6.68. The van der Waals surface area contributed by atoms with E-state index in [1.54, 1.807) is 7.11 Å². The lowest BCUT2D eigenvalue weighted by molar-refractivity contribution is 0.411. The first-order valence-corrected chi connectivity index (χ1v) is 5.69. The van der Waals surface area contributed by atoms with E-state index in [0.29, 0.717) is 6.04 Å². The molecule has 2 rings (SSSR count). The van der Waals surface area contributed by atoms with Crippen molar-refractivity contribution in [1.82, 2.24) is 0 Å². The number of nitrogens with one attached hydrogen (secondary N) is 1. The molecule has 0 heterocycles. The summed E-state index contributed by atoms with van der Waals surface area (Å²) in [6.07, 6.45) is 3.91. The number of hydrogen-bond donors (Lipinski definition) is 1. The molecule has 1 fully saturated rings. The molecule has 1 N–H and O–H groups in total. The van der Waals surface area contributed by atoms with Gasteiger partial charge in [0.2, 0.25) is 0 Å². The maximum atomic E-state index is 5.23. The van der Waals surface area contributed by atoms with Crippen LogP contribution in [0.4, 0.5) is 5.69 Å². The van der Waals surface area contributed by atoms with Gasteiger partial charge >= 0.3 is 0 Å². The van der Waals surface area contributed by atoms with Crippen LogP contribution >= 0.6 is 15.9 Å². The average Bonchev–Trinajstić information content (AvgIpc) is 2.13. The van der Waals surface area contributed by atoms with Gasteiger partial charge in [0.05, 0.1) is 17.3 Å². The summed E-state index contributed by atoms with van der Waals surface area (Å²) in [4.78, 5) is 0. The van der Waals surface area contributed by atoms with Crippen molar-refractivity contribution in [2.45, 2.75) is 25.3 Å². The summed E-state index contributed by atoms with van der Waals surface area (Å²) in [5.74, 6) is 0.884. The summed E-state index contributed by atoms with van der Waals surface area (Å²) >= 11 is 3.54. The number of benzene rings is 1. The molecule has 1 saturated carbocycles. The first-order valence-electron chi connectivity index (χ1n) is 4.90. The molecule has 0 unspecified atom stereocenters. The van der Waals surface area contributed by atoms with Gasteiger partial charge in [-0.05, 0) is 47.3 Å². The van der Waals surface area contributed by atoms with Crippen molar-refractivity contribution in [1.29, 1.82) is 0 Å². The fraction of sp³-hybridized carbons (Fsp3) is 0.455. The minimum Gasteiger partial charge on any atom is -0.495 e. The van der Waals surface area contributed by atoms with E-state index in [1.807, 2.05) is 12.1 Å². The summed E-state index contributed by atoms with van der Waals surface area (Å²) in [5.41, 5.74) is 1.13. The molecule has 76 valence electrons. The number of rotatable bonds is 3. The van der Waals surface area contributed by atoms with Gasteiger partial charge in [0, 0.05) is 6.04 Å². The van der Waals surface area contributed by atoms with Crippen molar-refractivity contribution in [3.8, 4) is 5.75 Å². The van der Waals surface area contributed by atoms with Crippen LogP contribution in [0.25, 0.3) is 0 Å². The molecule has 0 amide bonds. The van der Waals surface area contributed by atoms with Gasteiger partial charge in [-0.3, -0.25) is 0 Å². The maximum absolute atomic E-state index is 5.23. The predicted octanol–water partition coefficient (Wildman–Crippen LogP) is 3.42. The highest BCUT2D eigenvalue weighted by Crippen LogP contribution is 2.34. The monoisotopic (exact) mass is 255 g/mol. The van der Waals surface area contributed by atoms with E-state index in [-0.39, 0.29) is 0 Å². The zero-order valence-corrected chi connectivity index (χ0v) is 9.80. The van der Waals surface area contributed by atoms with Crippen LogP contribution in [0.2, 0.25) is 0 Å². The number of hydrogen-bond acceptors (Lipinski definition) is 2. The molecule has 14 heavy (non-hydrogen) atoms. The van der Waals surface area contributed by atoms with Crippen LogP contribution in [0.5, 0.6) is 5.75 Å². The van der Waals surface area contributed by atoms with Gasteiger partial charge in [-0.25, -0.2) is 0 Å². The third kappa shape index (κ3) is 1.87. The highest BCUT2D eigenvalue weighted by atomic mass is 79.9. The molecule has 0 bridgehead atoms. The van der Waals surface area contributed by atoms with E-state index in [0.717, 1.165) is 15.9 Å². The third-order valence-corrected chi connectivity index (χ3v) is 3.47. The van der Waals surface area contributed by atoms with Gasteiger partial charge in [0.1, 0.15) is 5.75 Å². The van der Waals surface area contributed by atoms with Gasteiger partial charge in [-0.1, -0.05) is 6.07 Å². The minimum atomic E-state index is 0.651. The van der Waals surface area contributed by atoms with E-state index in [1.165, 1.54) is 19.3 Å². The average molecular weight is 256 g/mol. The molecule has 1 aliphatic rings. The van der Waals surface area contributed by atoms with E-state index >= 15 is 0 Å². The van der Waals surface area contributed by atoms with Crippen molar-refractivity contribution in [2.24, 2.45) is 0 Å². The molecule has 0 radical (unpaired) electrons. The van der Waals surface area contributed by atoms with E-state index < -0.39 is 0 Å². The molecular weight excluding hydrogens is 242 g/mol. The molecule has 2 nitrogen and oxygen atoms in total. The number of halogens is 1. The largest absolute Gasteiger partial charge is 0.495 e. The lowest BCUT2D eigenvalue weighted by Gasteiger charge is -2.28. The van der Waals surface area contributed by atoms with Gasteiger partial charge in [-0.2, -0.15) is 0 Å². The smallest absolute Gasteiger partial charge is 0.135 e. The van der Waals surface area contributed by atoms with Crippen LogP contribution in [-0.2, 0) is 0 Å². The van der Waals surface area contributed by atoms with Crippen LogP contribution in [-0.4, -0.2) is 13.2 Å². The summed E-state index contributed by atoms with van der Waals surface area (Å²) in [5, 5.41) is 3.49. The molecule has 0 aromatic heterocycles. The fourth-order valence-electron chi connectivity index (χ4n) is 1.55.